The van der Waals surface area contributed by atoms with Gasteiger partial charge < -0.3 is 5.32 Å². The first-order chi connectivity index (χ1) is 9.49. The maximum Gasteiger partial charge on any atom is 0.285 e. The predicted octanol–water partition coefficient (Wildman–Crippen LogP) is 2.43. The molecule has 1 N–H and O–H groups in total. The summed E-state index contributed by atoms with van der Waals surface area (Å²) in [7, 11) is 0. The van der Waals surface area contributed by atoms with E-state index in [1.807, 2.05) is 0 Å². The Hall–Kier alpha value is -2.61. The molecule has 9 heteroatoms. The first-order valence-electron chi connectivity index (χ1n) is 5.21. The highest BCUT2D eigenvalue weighted by molar-refractivity contribution is 6.32. The van der Waals surface area contributed by atoms with Crippen molar-refractivity contribution in [2.45, 2.75) is 0 Å². The molecular formula is C11H6ClFN4O3. The number of anilines is 1. The van der Waals surface area contributed by atoms with Crippen LogP contribution in [0, 0.1) is 15.9 Å². The number of amides is 1. The van der Waals surface area contributed by atoms with Crippen LogP contribution in [0.3, 0.4) is 0 Å². The Morgan fingerprint density at radius 2 is 2.05 bits per heavy atom. The third-order valence-electron chi connectivity index (χ3n) is 2.29. The summed E-state index contributed by atoms with van der Waals surface area (Å²) in [4.78, 5) is 29.3. The number of nitro groups is 1. The van der Waals surface area contributed by atoms with Gasteiger partial charge >= 0.3 is 0 Å². The minimum atomic E-state index is -0.851. The lowest BCUT2D eigenvalue weighted by Gasteiger charge is -2.05. The zero-order chi connectivity index (χ0) is 14.7. The van der Waals surface area contributed by atoms with Crippen molar-refractivity contribution in [3.8, 4) is 0 Å². The van der Waals surface area contributed by atoms with Gasteiger partial charge in [0.05, 0.1) is 11.0 Å². The lowest BCUT2D eigenvalue weighted by molar-refractivity contribution is -0.385. The van der Waals surface area contributed by atoms with Crippen molar-refractivity contribution in [1.29, 1.82) is 0 Å². The molecule has 2 aromatic rings. The van der Waals surface area contributed by atoms with Gasteiger partial charge in [-0.3, -0.25) is 14.9 Å². The van der Waals surface area contributed by atoms with Crippen molar-refractivity contribution in [2.75, 3.05) is 5.32 Å². The number of hydrogen-bond acceptors (Lipinski definition) is 5. The number of nitro benzene ring substituents is 1. The molecule has 20 heavy (non-hydrogen) atoms. The first-order valence-corrected chi connectivity index (χ1v) is 5.58. The van der Waals surface area contributed by atoms with Crippen LogP contribution in [0.25, 0.3) is 0 Å². The lowest BCUT2D eigenvalue weighted by Crippen LogP contribution is -2.15. The fraction of sp³-hybridized carbons (Fsp3) is 0. The molecule has 0 radical (unpaired) electrons. The Morgan fingerprint density at radius 3 is 2.70 bits per heavy atom. The summed E-state index contributed by atoms with van der Waals surface area (Å²) in [6.45, 7) is 0. The second-order valence-corrected chi connectivity index (χ2v) is 3.93. The molecule has 0 aliphatic carbocycles. The Labute approximate surface area is 116 Å². The average Bonchev–Trinajstić information content (AvgIpc) is 2.41. The summed E-state index contributed by atoms with van der Waals surface area (Å²) >= 11 is 5.70. The van der Waals surface area contributed by atoms with Gasteiger partial charge in [0.15, 0.2) is 11.0 Å². The molecular weight excluding hydrogens is 291 g/mol. The van der Waals surface area contributed by atoms with Crippen LogP contribution in [0.1, 0.15) is 10.4 Å². The summed E-state index contributed by atoms with van der Waals surface area (Å²) in [5, 5.41) is 13.0. The standard InChI is InChI=1S/C11H6ClFN4O3/c12-9-10(15-4-3-14-9)16-11(18)7-2-1-6(13)5-8(7)17(19)20/h1-5H,(H,15,16,18). The average molecular weight is 297 g/mol. The van der Waals surface area contributed by atoms with E-state index in [2.05, 4.69) is 15.3 Å². The Bertz CT molecular complexity index is 695. The van der Waals surface area contributed by atoms with E-state index in [1.165, 1.54) is 12.4 Å². The van der Waals surface area contributed by atoms with E-state index >= 15 is 0 Å². The van der Waals surface area contributed by atoms with Gasteiger partial charge in [0.25, 0.3) is 11.6 Å². The summed E-state index contributed by atoms with van der Waals surface area (Å²) < 4.78 is 13.0. The number of aromatic nitrogens is 2. The molecule has 0 aliphatic rings. The molecule has 7 nitrogen and oxygen atoms in total. The fourth-order valence-corrected chi connectivity index (χ4v) is 1.58. The number of carbonyl (C=O) groups is 1. The number of halogens is 2. The van der Waals surface area contributed by atoms with E-state index in [4.69, 9.17) is 11.6 Å². The summed E-state index contributed by atoms with van der Waals surface area (Å²) in [6.07, 6.45) is 2.61. The van der Waals surface area contributed by atoms with Crippen LogP contribution in [0.15, 0.2) is 30.6 Å². The van der Waals surface area contributed by atoms with E-state index in [0.717, 1.165) is 12.1 Å². The maximum absolute atomic E-state index is 13.0. The SMILES string of the molecule is O=C(Nc1nccnc1Cl)c1ccc(F)cc1[N+](=O)[O-]. The van der Waals surface area contributed by atoms with E-state index in [0.29, 0.717) is 6.07 Å². The molecule has 102 valence electrons. The minimum Gasteiger partial charge on any atom is -0.304 e. The highest BCUT2D eigenvalue weighted by Crippen LogP contribution is 2.22. The molecule has 0 saturated heterocycles. The predicted molar refractivity (Wildman–Crippen MR) is 68.0 cm³/mol. The van der Waals surface area contributed by atoms with Crippen molar-refractivity contribution >= 4 is 29.0 Å². The molecule has 0 atom stereocenters. The molecule has 1 heterocycles. The zero-order valence-electron chi connectivity index (χ0n) is 9.71. The molecule has 0 saturated carbocycles. The number of nitrogens with one attached hydrogen (secondary N) is 1. The Balaban J connectivity index is 2.35. The van der Waals surface area contributed by atoms with Crippen LogP contribution in [-0.4, -0.2) is 20.8 Å². The third-order valence-corrected chi connectivity index (χ3v) is 2.56. The van der Waals surface area contributed by atoms with Gasteiger partial charge in [-0.05, 0) is 12.1 Å². The second kappa shape index (κ2) is 5.57. The van der Waals surface area contributed by atoms with Crippen LogP contribution in [0.2, 0.25) is 5.15 Å². The normalized spacial score (nSPS) is 10.1. The molecule has 1 aromatic heterocycles. The molecule has 0 unspecified atom stereocenters. The number of carbonyl (C=O) groups excluding carboxylic acids is 1. The van der Waals surface area contributed by atoms with E-state index < -0.39 is 22.3 Å². The number of rotatable bonds is 3. The number of hydrogen-bond donors (Lipinski definition) is 1. The monoisotopic (exact) mass is 296 g/mol. The van der Waals surface area contributed by atoms with Crippen molar-refractivity contribution < 1.29 is 14.1 Å². The topological polar surface area (TPSA) is 98.0 Å². The molecule has 0 fully saturated rings. The van der Waals surface area contributed by atoms with Gasteiger partial charge in [0.1, 0.15) is 11.4 Å². The maximum atomic E-state index is 13.0. The summed E-state index contributed by atoms with van der Waals surface area (Å²) in [6, 6.07) is 2.61. The first kappa shape index (κ1) is 13.8. The molecule has 0 aliphatic heterocycles. The lowest BCUT2D eigenvalue weighted by atomic mass is 10.1. The summed E-state index contributed by atoms with van der Waals surface area (Å²) in [5.74, 6) is -1.69. The smallest absolute Gasteiger partial charge is 0.285 e. The Kier molecular flexibility index (Phi) is 3.85. The van der Waals surface area contributed by atoms with Crippen LogP contribution in [-0.2, 0) is 0 Å². The third kappa shape index (κ3) is 2.86. The molecule has 1 aromatic carbocycles. The van der Waals surface area contributed by atoms with Gasteiger partial charge in [-0.1, -0.05) is 11.6 Å². The molecule has 0 spiro atoms. The van der Waals surface area contributed by atoms with Gasteiger partial charge in [-0.2, -0.15) is 0 Å². The molecule has 1 amide bonds. The van der Waals surface area contributed by atoms with Crippen LogP contribution in [0.4, 0.5) is 15.9 Å². The highest BCUT2D eigenvalue weighted by atomic mass is 35.5. The van der Waals surface area contributed by atoms with E-state index in [-0.39, 0.29) is 16.5 Å². The Morgan fingerprint density at radius 1 is 1.35 bits per heavy atom. The van der Waals surface area contributed by atoms with Gasteiger partial charge in [-0.15, -0.1) is 0 Å². The largest absolute Gasteiger partial charge is 0.304 e. The van der Waals surface area contributed by atoms with Crippen molar-refractivity contribution in [2.24, 2.45) is 0 Å². The van der Waals surface area contributed by atoms with E-state index in [9.17, 15) is 19.3 Å². The van der Waals surface area contributed by atoms with Crippen molar-refractivity contribution in [3.63, 3.8) is 0 Å². The van der Waals surface area contributed by atoms with Crippen molar-refractivity contribution in [3.05, 3.63) is 57.2 Å². The van der Waals surface area contributed by atoms with E-state index in [1.54, 1.807) is 0 Å². The second-order valence-electron chi connectivity index (χ2n) is 3.57. The quantitative estimate of drug-likeness (QED) is 0.693. The van der Waals surface area contributed by atoms with Gasteiger partial charge in [-0.25, -0.2) is 14.4 Å². The highest BCUT2D eigenvalue weighted by Gasteiger charge is 2.22. The van der Waals surface area contributed by atoms with Gasteiger partial charge in [0, 0.05) is 12.4 Å². The molecule has 2 rings (SSSR count). The number of benzene rings is 1. The van der Waals surface area contributed by atoms with Crippen LogP contribution in [0.5, 0.6) is 0 Å². The van der Waals surface area contributed by atoms with Crippen LogP contribution >= 0.6 is 11.6 Å². The van der Waals surface area contributed by atoms with Gasteiger partial charge in [0.2, 0.25) is 0 Å². The van der Waals surface area contributed by atoms with Crippen molar-refractivity contribution in [1.82, 2.24) is 9.97 Å². The number of nitrogens with zero attached hydrogens (tertiary/aromatic N) is 3. The fourth-order valence-electron chi connectivity index (χ4n) is 1.43. The van der Waals surface area contributed by atoms with Crippen LogP contribution < -0.4 is 5.32 Å². The zero-order valence-corrected chi connectivity index (χ0v) is 10.5. The minimum absolute atomic E-state index is 0.0437. The molecule has 0 bridgehead atoms. The summed E-state index contributed by atoms with van der Waals surface area (Å²) in [5.41, 5.74) is -0.958.